The van der Waals surface area contributed by atoms with Crippen molar-refractivity contribution in [3.8, 4) is 11.5 Å². The highest BCUT2D eigenvalue weighted by Crippen LogP contribution is 2.30. The van der Waals surface area contributed by atoms with Crippen LogP contribution in [0, 0.1) is 0 Å². The minimum Gasteiger partial charge on any atom is -0.493 e. The van der Waals surface area contributed by atoms with Crippen LogP contribution in [0.25, 0.3) is 0 Å². The molecule has 3 rings (SSSR count). The molecule has 0 fully saturated rings. The maximum atomic E-state index is 12.1. The van der Waals surface area contributed by atoms with Crippen LogP contribution in [0.2, 0.25) is 0 Å². The standard InChI is InChI=1S/C22H20N2O3/c1-26-20-14-8-13-19(21(20)27-16-17-9-4-2-5-10-17)15-23-24-22(25)18-11-6-3-7-12-18/h2-15H,16H2,1H3,(H,24,25)/b23-15+. The van der Waals surface area contributed by atoms with Crippen molar-refractivity contribution in [2.75, 3.05) is 7.11 Å². The highest BCUT2D eigenvalue weighted by Gasteiger charge is 2.10. The first-order valence-electron chi connectivity index (χ1n) is 8.50. The lowest BCUT2D eigenvalue weighted by molar-refractivity contribution is 0.0955. The van der Waals surface area contributed by atoms with Crippen LogP contribution in [0.3, 0.4) is 0 Å². The van der Waals surface area contributed by atoms with E-state index in [9.17, 15) is 4.79 Å². The van der Waals surface area contributed by atoms with Gasteiger partial charge in [-0.25, -0.2) is 5.43 Å². The SMILES string of the molecule is COc1cccc(/C=N/NC(=O)c2ccccc2)c1OCc1ccccc1. The van der Waals surface area contributed by atoms with Crippen LogP contribution < -0.4 is 14.9 Å². The van der Waals surface area contributed by atoms with Crippen LogP contribution in [0.15, 0.2) is 84.0 Å². The van der Waals surface area contributed by atoms with E-state index < -0.39 is 0 Å². The average Bonchev–Trinajstić information content (AvgIpc) is 2.73. The zero-order valence-electron chi connectivity index (χ0n) is 15.0. The smallest absolute Gasteiger partial charge is 0.271 e. The lowest BCUT2D eigenvalue weighted by Gasteiger charge is -2.13. The van der Waals surface area contributed by atoms with Gasteiger partial charge in [0.05, 0.1) is 13.3 Å². The second-order valence-corrected chi connectivity index (χ2v) is 5.72. The highest BCUT2D eigenvalue weighted by atomic mass is 16.5. The second-order valence-electron chi connectivity index (χ2n) is 5.72. The fraction of sp³-hybridized carbons (Fsp3) is 0.0909. The van der Waals surface area contributed by atoms with E-state index in [1.165, 1.54) is 0 Å². The first-order chi connectivity index (χ1) is 13.3. The number of para-hydroxylation sites is 1. The predicted octanol–water partition coefficient (Wildman–Crippen LogP) is 4.04. The first kappa shape index (κ1) is 18.2. The van der Waals surface area contributed by atoms with Gasteiger partial charge in [0.25, 0.3) is 5.91 Å². The Hall–Kier alpha value is -3.60. The van der Waals surface area contributed by atoms with E-state index >= 15 is 0 Å². The van der Waals surface area contributed by atoms with Crippen molar-refractivity contribution in [3.05, 3.63) is 95.6 Å². The van der Waals surface area contributed by atoms with E-state index in [0.29, 0.717) is 29.2 Å². The molecule has 27 heavy (non-hydrogen) atoms. The molecule has 0 unspecified atom stereocenters. The van der Waals surface area contributed by atoms with Gasteiger partial charge >= 0.3 is 0 Å². The molecule has 0 bridgehead atoms. The number of nitrogens with one attached hydrogen (secondary N) is 1. The number of carbonyl (C=O) groups excluding carboxylic acids is 1. The molecule has 0 aliphatic rings. The molecule has 0 spiro atoms. The minimum atomic E-state index is -0.276. The summed E-state index contributed by atoms with van der Waals surface area (Å²) in [5, 5.41) is 4.05. The zero-order valence-corrected chi connectivity index (χ0v) is 15.0. The number of hydrazone groups is 1. The lowest BCUT2D eigenvalue weighted by atomic mass is 10.2. The van der Waals surface area contributed by atoms with Gasteiger partial charge in [0.1, 0.15) is 6.61 Å². The van der Waals surface area contributed by atoms with Crippen LogP contribution in [0.4, 0.5) is 0 Å². The van der Waals surface area contributed by atoms with Gasteiger partial charge in [-0.3, -0.25) is 4.79 Å². The number of hydrogen-bond acceptors (Lipinski definition) is 4. The van der Waals surface area contributed by atoms with Gasteiger partial charge in [-0.05, 0) is 29.8 Å². The van der Waals surface area contributed by atoms with E-state index in [1.54, 1.807) is 37.6 Å². The number of methoxy groups -OCH3 is 1. The molecule has 0 aliphatic carbocycles. The predicted molar refractivity (Wildman–Crippen MR) is 105 cm³/mol. The van der Waals surface area contributed by atoms with E-state index in [4.69, 9.17) is 9.47 Å². The van der Waals surface area contributed by atoms with Gasteiger partial charge in [-0.1, -0.05) is 54.6 Å². The highest BCUT2D eigenvalue weighted by molar-refractivity contribution is 5.95. The molecule has 3 aromatic rings. The Labute approximate surface area is 158 Å². The third kappa shape index (κ3) is 4.95. The largest absolute Gasteiger partial charge is 0.493 e. The van der Waals surface area contributed by atoms with E-state index in [1.807, 2.05) is 54.6 Å². The number of nitrogens with zero attached hydrogens (tertiary/aromatic N) is 1. The van der Waals surface area contributed by atoms with Gasteiger partial charge in [-0.2, -0.15) is 5.10 Å². The molecule has 0 aliphatic heterocycles. The van der Waals surface area contributed by atoms with Gasteiger partial charge < -0.3 is 9.47 Å². The number of hydrogen-bond donors (Lipinski definition) is 1. The Balaban J connectivity index is 1.73. The molecule has 0 radical (unpaired) electrons. The number of benzene rings is 3. The molecule has 136 valence electrons. The van der Waals surface area contributed by atoms with Crippen LogP contribution in [0.1, 0.15) is 21.5 Å². The topological polar surface area (TPSA) is 59.9 Å². The molecule has 5 nitrogen and oxygen atoms in total. The van der Waals surface area contributed by atoms with Crippen LogP contribution in [-0.2, 0) is 6.61 Å². The molecule has 0 heterocycles. The first-order valence-corrected chi connectivity index (χ1v) is 8.50. The summed E-state index contributed by atoms with van der Waals surface area (Å²) in [6.07, 6.45) is 1.55. The Bertz CT molecular complexity index is 909. The van der Waals surface area contributed by atoms with Gasteiger partial charge in [-0.15, -0.1) is 0 Å². The molecule has 0 saturated carbocycles. The minimum absolute atomic E-state index is 0.276. The normalized spacial score (nSPS) is 10.6. The summed E-state index contributed by atoms with van der Waals surface area (Å²) in [6, 6.07) is 24.3. The fourth-order valence-corrected chi connectivity index (χ4v) is 2.49. The molecular weight excluding hydrogens is 340 g/mol. The van der Waals surface area contributed by atoms with Crippen molar-refractivity contribution in [1.29, 1.82) is 0 Å². The second kappa shape index (κ2) is 9.20. The molecule has 0 atom stereocenters. The fourth-order valence-electron chi connectivity index (χ4n) is 2.49. The number of carbonyl (C=O) groups is 1. The van der Waals surface area contributed by atoms with Crippen molar-refractivity contribution >= 4 is 12.1 Å². The Morgan fingerprint density at radius 2 is 1.67 bits per heavy atom. The van der Waals surface area contributed by atoms with Crippen molar-refractivity contribution in [2.45, 2.75) is 6.61 Å². The summed E-state index contributed by atoms with van der Waals surface area (Å²) < 4.78 is 11.4. The van der Waals surface area contributed by atoms with E-state index in [0.717, 1.165) is 5.56 Å². The van der Waals surface area contributed by atoms with Crippen LogP contribution >= 0.6 is 0 Å². The van der Waals surface area contributed by atoms with Crippen LogP contribution in [0.5, 0.6) is 11.5 Å². The van der Waals surface area contributed by atoms with Gasteiger partial charge in [0, 0.05) is 11.1 Å². The summed E-state index contributed by atoms with van der Waals surface area (Å²) in [4.78, 5) is 12.1. The Morgan fingerprint density at radius 1 is 0.963 bits per heavy atom. The molecule has 0 aromatic heterocycles. The molecular formula is C22H20N2O3. The summed E-state index contributed by atoms with van der Waals surface area (Å²) in [5.74, 6) is 0.896. The quantitative estimate of drug-likeness (QED) is 0.511. The van der Waals surface area contributed by atoms with E-state index in [-0.39, 0.29) is 5.91 Å². The van der Waals surface area contributed by atoms with Crippen LogP contribution in [-0.4, -0.2) is 19.2 Å². The summed E-state index contributed by atoms with van der Waals surface area (Å²) in [6.45, 7) is 0.401. The van der Waals surface area contributed by atoms with Gasteiger partial charge in [0.2, 0.25) is 0 Å². The van der Waals surface area contributed by atoms with Gasteiger partial charge in [0.15, 0.2) is 11.5 Å². The molecule has 5 heteroatoms. The third-order valence-electron chi connectivity index (χ3n) is 3.86. The summed E-state index contributed by atoms with van der Waals surface area (Å²) >= 11 is 0. The number of ether oxygens (including phenoxy) is 2. The van der Waals surface area contributed by atoms with Crippen molar-refractivity contribution in [3.63, 3.8) is 0 Å². The van der Waals surface area contributed by atoms with E-state index in [2.05, 4.69) is 10.5 Å². The monoisotopic (exact) mass is 360 g/mol. The maximum absolute atomic E-state index is 12.1. The summed E-state index contributed by atoms with van der Waals surface area (Å²) in [5.41, 5.74) is 4.81. The number of amides is 1. The molecule has 1 amide bonds. The van der Waals surface area contributed by atoms with Crippen molar-refractivity contribution in [2.24, 2.45) is 5.10 Å². The number of rotatable bonds is 7. The average molecular weight is 360 g/mol. The maximum Gasteiger partial charge on any atom is 0.271 e. The molecule has 0 saturated heterocycles. The molecule has 1 N–H and O–H groups in total. The molecule has 3 aromatic carbocycles. The van der Waals surface area contributed by atoms with Crippen molar-refractivity contribution < 1.29 is 14.3 Å². The Kier molecular flexibility index (Phi) is 6.20. The van der Waals surface area contributed by atoms with Crippen molar-refractivity contribution in [1.82, 2.24) is 5.43 Å². The third-order valence-corrected chi connectivity index (χ3v) is 3.86. The zero-order chi connectivity index (χ0) is 18.9. The summed E-state index contributed by atoms with van der Waals surface area (Å²) in [7, 11) is 1.59. The lowest BCUT2D eigenvalue weighted by Crippen LogP contribution is -2.17. The Morgan fingerprint density at radius 3 is 2.37 bits per heavy atom.